The summed E-state index contributed by atoms with van der Waals surface area (Å²) in [6.07, 6.45) is 0. The van der Waals surface area contributed by atoms with Gasteiger partial charge in [0.25, 0.3) is 15.7 Å². The summed E-state index contributed by atoms with van der Waals surface area (Å²) < 4.78 is 54.0. The zero-order valence-electron chi connectivity index (χ0n) is 13.7. The third-order valence-corrected chi connectivity index (χ3v) is 9.96. The van der Waals surface area contributed by atoms with E-state index >= 15 is 0 Å². The molecule has 1 aromatic heterocycles. The Morgan fingerprint density at radius 3 is 2.00 bits per heavy atom. The first-order valence-electron chi connectivity index (χ1n) is 7.63. The van der Waals surface area contributed by atoms with Gasteiger partial charge in [-0.25, -0.2) is 16.8 Å². The molecule has 2 heterocycles. The van der Waals surface area contributed by atoms with E-state index in [9.17, 15) is 26.9 Å². The van der Waals surface area contributed by atoms with Gasteiger partial charge in [-0.1, -0.05) is 12.1 Å². The highest BCUT2D eigenvalue weighted by molar-refractivity contribution is 9.11. The molecule has 3 rings (SSSR count). The summed E-state index contributed by atoms with van der Waals surface area (Å²) >= 11 is 4.30. The summed E-state index contributed by atoms with van der Waals surface area (Å²) in [7, 11) is -7.81. The van der Waals surface area contributed by atoms with Gasteiger partial charge in [0.05, 0.1) is 8.71 Å². The number of rotatable bonds is 5. The minimum absolute atomic E-state index is 0.0300. The zero-order valence-corrected chi connectivity index (χ0v) is 17.7. The fourth-order valence-corrected chi connectivity index (χ4v) is 7.85. The smallest absolute Gasteiger partial charge is 0.258 e. The summed E-state index contributed by atoms with van der Waals surface area (Å²) in [5, 5.41) is 11.1. The molecular formula is C14H14BrN3O6S3. The molecule has 1 fully saturated rings. The van der Waals surface area contributed by atoms with Gasteiger partial charge in [0.1, 0.15) is 4.21 Å². The van der Waals surface area contributed by atoms with Crippen molar-refractivity contribution in [2.45, 2.75) is 9.10 Å². The van der Waals surface area contributed by atoms with Crippen LogP contribution in [-0.4, -0.2) is 56.5 Å². The molecule has 1 aliphatic rings. The minimum atomic E-state index is -4.10. The number of thiophene rings is 1. The Bertz CT molecular complexity index is 1080. The van der Waals surface area contributed by atoms with E-state index in [0.717, 1.165) is 21.7 Å². The van der Waals surface area contributed by atoms with Crippen LogP contribution in [0.1, 0.15) is 0 Å². The second-order valence-corrected chi connectivity index (χ2v) is 12.1. The fourth-order valence-electron chi connectivity index (χ4n) is 2.68. The van der Waals surface area contributed by atoms with Crippen LogP contribution < -0.4 is 0 Å². The van der Waals surface area contributed by atoms with Crippen LogP contribution in [0.2, 0.25) is 0 Å². The van der Waals surface area contributed by atoms with E-state index < -0.39 is 35.6 Å². The summed E-state index contributed by atoms with van der Waals surface area (Å²) in [5.41, 5.74) is -0.504. The molecule has 0 atom stereocenters. The van der Waals surface area contributed by atoms with Crippen LogP contribution in [0.5, 0.6) is 0 Å². The van der Waals surface area contributed by atoms with Gasteiger partial charge < -0.3 is 0 Å². The number of hydrogen-bond donors (Lipinski definition) is 0. The maximum absolute atomic E-state index is 12.8. The Morgan fingerprint density at radius 1 is 0.926 bits per heavy atom. The Balaban J connectivity index is 1.81. The Labute approximate surface area is 168 Å². The fraction of sp³-hybridized carbons (Fsp3) is 0.286. The molecule has 0 unspecified atom stereocenters. The molecule has 1 aromatic carbocycles. The molecule has 146 valence electrons. The van der Waals surface area contributed by atoms with E-state index in [1.807, 2.05) is 0 Å². The number of piperazine rings is 1. The van der Waals surface area contributed by atoms with Crippen molar-refractivity contribution in [2.75, 3.05) is 26.2 Å². The van der Waals surface area contributed by atoms with Gasteiger partial charge in [0, 0.05) is 32.2 Å². The molecule has 0 saturated carbocycles. The van der Waals surface area contributed by atoms with Crippen LogP contribution in [0, 0.1) is 10.1 Å². The van der Waals surface area contributed by atoms with E-state index in [4.69, 9.17) is 0 Å². The Morgan fingerprint density at radius 2 is 1.48 bits per heavy atom. The van der Waals surface area contributed by atoms with E-state index in [2.05, 4.69) is 15.9 Å². The molecule has 0 bridgehead atoms. The predicted molar refractivity (Wildman–Crippen MR) is 103 cm³/mol. The first-order chi connectivity index (χ1) is 12.6. The van der Waals surface area contributed by atoms with E-state index in [-0.39, 0.29) is 30.4 Å². The monoisotopic (exact) mass is 495 g/mol. The average Bonchev–Trinajstić information content (AvgIpc) is 3.09. The highest BCUT2D eigenvalue weighted by Gasteiger charge is 2.36. The molecule has 0 amide bonds. The van der Waals surface area contributed by atoms with Crippen LogP contribution in [-0.2, 0) is 20.0 Å². The maximum Gasteiger partial charge on any atom is 0.289 e. The topological polar surface area (TPSA) is 118 Å². The van der Waals surface area contributed by atoms with Crippen molar-refractivity contribution in [3.63, 3.8) is 0 Å². The molecule has 1 aliphatic heterocycles. The van der Waals surface area contributed by atoms with Gasteiger partial charge in [-0.05, 0) is 34.1 Å². The van der Waals surface area contributed by atoms with Gasteiger partial charge in [-0.3, -0.25) is 10.1 Å². The molecule has 0 N–H and O–H groups in total. The van der Waals surface area contributed by atoms with Gasteiger partial charge in [-0.2, -0.15) is 8.61 Å². The predicted octanol–water partition coefficient (Wildman–Crippen LogP) is 2.11. The number of benzene rings is 1. The highest BCUT2D eigenvalue weighted by atomic mass is 79.9. The van der Waals surface area contributed by atoms with E-state index in [1.165, 1.54) is 28.6 Å². The standard InChI is InChI=1S/C14H14BrN3O6S3/c15-13-5-6-14(25-13)27(23,24)17-9-7-16(8-10-17)26(21,22)12-4-2-1-3-11(12)18(19)20/h1-6H,7-10H2. The summed E-state index contributed by atoms with van der Waals surface area (Å²) in [4.78, 5) is 9.98. The average molecular weight is 496 g/mol. The number of hydrogen-bond acceptors (Lipinski definition) is 7. The van der Waals surface area contributed by atoms with Crippen molar-refractivity contribution in [1.82, 2.24) is 8.61 Å². The summed E-state index contributed by atoms with van der Waals surface area (Å²) in [6, 6.07) is 8.23. The molecule has 0 aliphatic carbocycles. The Kier molecular flexibility index (Phi) is 5.70. The normalized spacial score (nSPS) is 17.1. The van der Waals surface area contributed by atoms with Crippen LogP contribution in [0.15, 0.2) is 49.3 Å². The van der Waals surface area contributed by atoms with Crippen LogP contribution in [0.4, 0.5) is 5.69 Å². The number of nitro benzene ring substituents is 1. The lowest BCUT2D eigenvalue weighted by molar-refractivity contribution is -0.387. The molecule has 13 heteroatoms. The molecular weight excluding hydrogens is 482 g/mol. The van der Waals surface area contributed by atoms with Crippen molar-refractivity contribution in [1.29, 1.82) is 0 Å². The second kappa shape index (κ2) is 7.56. The minimum Gasteiger partial charge on any atom is -0.258 e. The molecule has 27 heavy (non-hydrogen) atoms. The van der Waals surface area contributed by atoms with Crippen molar-refractivity contribution in [2.24, 2.45) is 0 Å². The third-order valence-electron chi connectivity index (χ3n) is 4.02. The van der Waals surface area contributed by atoms with Gasteiger partial charge >= 0.3 is 0 Å². The summed E-state index contributed by atoms with van der Waals surface area (Å²) in [6.45, 7) is -0.226. The quantitative estimate of drug-likeness (QED) is 0.462. The van der Waals surface area contributed by atoms with Crippen molar-refractivity contribution in [3.05, 3.63) is 50.3 Å². The van der Waals surface area contributed by atoms with Gasteiger partial charge in [0.15, 0.2) is 4.90 Å². The SMILES string of the molecule is O=[N+]([O-])c1ccccc1S(=O)(=O)N1CCN(S(=O)(=O)c2ccc(Br)s2)CC1. The van der Waals surface area contributed by atoms with Crippen molar-refractivity contribution in [3.8, 4) is 0 Å². The van der Waals surface area contributed by atoms with Crippen molar-refractivity contribution >= 4 is 53.0 Å². The lowest BCUT2D eigenvalue weighted by Gasteiger charge is -2.32. The number of halogens is 1. The van der Waals surface area contributed by atoms with E-state index in [0.29, 0.717) is 3.79 Å². The molecule has 1 saturated heterocycles. The molecule has 0 radical (unpaired) electrons. The second-order valence-electron chi connectivity index (χ2n) is 5.59. The largest absolute Gasteiger partial charge is 0.289 e. The maximum atomic E-state index is 12.8. The van der Waals surface area contributed by atoms with Crippen LogP contribution >= 0.6 is 27.3 Å². The summed E-state index contributed by atoms with van der Waals surface area (Å²) in [5.74, 6) is 0. The van der Waals surface area contributed by atoms with Gasteiger partial charge in [0.2, 0.25) is 10.0 Å². The molecule has 9 nitrogen and oxygen atoms in total. The number of sulfonamides is 2. The van der Waals surface area contributed by atoms with Gasteiger partial charge in [-0.15, -0.1) is 11.3 Å². The van der Waals surface area contributed by atoms with Crippen LogP contribution in [0.3, 0.4) is 0 Å². The number of nitro groups is 1. The zero-order chi connectivity index (χ0) is 19.8. The lowest BCUT2D eigenvalue weighted by atomic mass is 10.3. The molecule has 0 spiro atoms. The van der Waals surface area contributed by atoms with Crippen molar-refractivity contribution < 1.29 is 21.8 Å². The number of para-hydroxylation sites is 1. The third kappa shape index (κ3) is 3.93. The first-order valence-corrected chi connectivity index (χ1v) is 12.1. The molecule has 2 aromatic rings. The Hall–Kier alpha value is -1.38. The lowest BCUT2D eigenvalue weighted by Crippen LogP contribution is -2.50. The van der Waals surface area contributed by atoms with E-state index in [1.54, 1.807) is 6.07 Å². The highest BCUT2D eigenvalue weighted by Crippen LogP contribution is 2.30. The van der Waals surface area contributed by atoms with Crippen LogP contribution in [0.25, 0.3) is 0 Å². The first kappa shape index (κ1) is 20.4. The number of nitrogens with zero attached hydrogens (tertiary/aromatic N) is 3.